The monoisotopic (exact) mass is 298 g/mol. The van der Waals surface area contributed by atoms with E-state index in [1.807, 2.05) is 4.90 Å². The van der Waals surface area contributed by atoms with Crippen LogP contribution in [0.15, 0.2) is 23.9 Å². The molecule has 0 saturated carbocycles. The maximum absolute atomic E-state index is 11.6. The Morgan fingerprint density at radius 1 is 1.21 bits per heavy atom. The van der Waals surface area contributed by atoms with Crippen molar-refractivity contribution in [2.45, 2.75) is 19.3 Å². The average Bonchev–Trinajstić information content (AvgIpc) is 2.38. The van der Waals surface area contributed by atoms with Crippen molar-refractivity contribution >= 4 is 35.2 Å². The van der Waals surface area contributed by atoms with E-state index in [-0.39, 0.29) is 0 Å². The summed E-state index contributed by atoms with van der Waals surface area (Å²) < 4.78 is 0. The highest BCUT2D eigenvalue weighted by molar-refractivity contribution is 6.35. The van der Waals surface area contributed by atoms with Crippen molar-refractivity contribution < 1.29 is 4.79 Å². The van der Waals surface area contributed by atoms with E-state index in [4.69, 9.17) is 28.9 Å². The zero-order valence-electron chi connectivity index (χ0n) is 10.5. The Hall–Kier alpha value is -1.19. The molecule has 2 rings (SSSR count). The molecule has 1 aliphatic heterocycles. The fraction of sp³-hybridized carbons (Fsp3) is 0.357. The Labute approximate surface area is 123 Å². The molecule has 0 spiro atoms. The van der Waals surface area contributed by atoms with E-state index in [1.54, 1.807) is 24.3 Å². The summed E-state index contributed by atoms with van der Waals surface area (Å²) >= 11 is 12.0. The van der Waals surface area contributed by atoms with Crippen LogP contribution in [-0.2, 0) is 4.79 Å². The summed E-state index contributed by atoms with van der Waals surface area (Å²) in [5.41, 5.74) is 6.75. The molecule has 1 aromatic rings. The van der Waals surface area contributed by atoms with Gasteiger partial charge < -0.3 is 10.6 Å². The minimum atomic E-state index is -0.423. The van der Waals surface area contributed by atoms with E-state index in [9.17, 15) is 4.79 Å². The third kappa shape index (κ3) is 3.64. The van der Waals surface area contributed by atoms with Gasteiger partial charge in [0.15, 0.2) is 0 Å². The van der Waals surface area contributed by atoms with Crippen molar-refractivity contribution in [3.8, 4) is 0 Å². The molecule has 0 unspecified atom stereocenters. The van der Waals surface area contributed by atoms with Crippen LogP contribution in [0.3, 0.4) is 0 Å². The van der Waals surface area contributed by atoms with Crippen molar-refractivity contribution in [1.82, 2.24) is 4.90 Å². The van der Waals surface area contributed by atoms with Crippen LogP contribution < -0.4 is 5.73 Å². The molecule has 1 aromatic carbocycles. The Morgan fingerprint density at radius 2 is 1.89 bits per heavy atom. The zero-order chi connectivity index (χ0) is 13.8. The van der Waals surface area contributed by atoms with Gasteiger partial charge >= 0.3 is 0 Å². The van der Waals surface area contributed by atoms with Crippen molar-refractivity contribution in [1.29, 1.82) is 0 Å². The number of likely N-dealkylation sites (tertiary alicyclic amines) is 1. The third-order valence-electron chi connectivity index (χ3n) is 3.20. The second kappa shape index (κ2) is 6.31. The molecule has 19 heavy (non-hydrogen) atoms. The van der Waals surface area contributed by atoms with Crippen molar-refractivity contribution in [2.24, 2.45) is 5.73 Å². The molecule has 1 saturated heterocycles. The van der Waals surface area contributed by atoms with E-state index in [0.717, 1.165) is 31.5 Å². The van der Waals surface area contributed by atoms with Gasteiger partial charge in [-0.15, -0.1) is 0 Å². The topological polar surface area (TPSA) is 46.3 Å². The highest BCUT2D eigenvalue weighted by atomic mass is 35.5. The first-order chi connectivity index (χ1) is 9.08. The van der Waals surface area contributed by atoms with Crippen LogP contribution in [0, 0.1) is 0 Å². The lowest BCUT2D eigenvalue weighted by atomic mass is 10.1. The maximum Gasteiger partial charge on any atom is 0.265 e. The molecule has 1 aliphatic rings. The van der Waals surface area contributed by atoms with Crippen LogP contribution in [0.5, 0.6) is 0 Å². The number of primary amides is 1. The standard InChI is InChI=1S/C14H16Cl2N2O/c15-11-5-4-10(12(16)9-11)8-13(14(17)19)18-6-2-1-3-7-18/h4-5,8-9H,1-3,6-7H2,(H2,17,19). The Morgan fingerprint density at radius 3 is 2.47 bits per heavy atom. The second-order valence-corrected chi connectivity index (χ2v) is 5.45. The van der Waals surface area contributed by atoms with Gasteiger partial charge in [-0.1, -0.05) is 29.3 Å². The second-order valence-electron chi connectivity index (χ2n) is 4.61. The number of piperidine rings is 1. The molecule has 0 aromatic heterocycles. The van der Waals surface area contributed by atoms with Gasteiger partial charge in [-0.25, -0.2) is 0 Å². The van der Waals surface area contributed by atoms with Gasteiger partial charge in [0.2, 0.25) is 0 Å². The molecule has 102 valence electrons. The molecular weight excluding hydrogens is 283 g/mol. The van der Waals surface area contributed by atoms with Crippen molar-refractivity contribution in [2.75, 3.05) is 13.1 Å². The minimum Gasteiger partial charge on any atom is -0.367 e. The molecule has 0 bridgehead atoms. The number of rotatable bonds is 3. The molecule has 0 aliphatic carbocycles. The number of carbonyl (C=O) groups is 1. The molecule has 1 amide bonds. The molecular formula is C14H16Cl2N2O. The SMILES string of the molecule is NC(=O)C(=Cc1ccc(Cl)cc1Cl)N1CCCCC1. The quantitative estimate of drug-likeness (QED) is 0.870. The number of nitrogens with zero attached hydrogens (tertiary/aromatic N) is 1. The average molecular weight is 299 g/mol. The van der Waals surface area contributed by atoms with Crippen LogP contribution in [0.1, 0.15) is 24.8 Å². The van der Waals surface area contributed by atoms with Crippen LogP contribution in [0.2, 0.25) is 10.0 Å². The first-order valence-corrected chi connectivity index (χ1v) is 7.05. The van der Waals surface area contributed by atoms with Gasteiger partial charge in [0.1, 0.15) is 5.70 Å². The van der Waals surface area contributed by atoms with Crippen LogP contribution >= 0.6 is 23.2 Å². The van der Waals surface area contributed by atoms with Crippen LogP contribution in [-0.4, -0.2) is 23.9 Å². The lowest BCUT2D eigenvalue weighted by Crippen LogP contribution is -2.35. The molecule has 0 atom stereocenters. The normalized spacial score (nSPS) is 16.5. The Kier molecular flexibility index (Phi) is 4.72. The fourth-order valence-electron chi connectivity index (χ4n) is 2.22. The summed E-state index contributed by atoms with van der Waals surface area (Å²) in [5.74, 6) is -0.423. The number of amides is 1. The molecule has 1 fully saturated rings. The maximum atomic E-state index is 11.6. The number of nitrogens with two attached hydrogens (primary N) is 1. The van der Waals surface area contributed by atoms with E-state index >= 15 is 0 Å². The summed E-state index contributed by atoms with van der Waals surface area (Å²) in [5, 5.41) is 1.09. The summed E-state index contributed by atoms with van der Waals surface area (Å²) in [6.45, 7) is 1.72. The van der Waals surface area contributed by atoms with Gasteiger partial charge in [0, 0.05) is 23.1 Å². The van der Waals surface area contributed by atoms with Crippen LogP contribution in [0.25, 0.3) is 6.08 Å². The molecule has 1 heterocycles. The van der Waals surface area contributed by atoms with Crippen LogP contribution in [0.4, 0.5) is 0 Å². The minimum absolute atomic E-state index is 0.423. The van der Waals surface area contributed by atoms with Gasteiger partial charge in [-0.05, 0) is 43.0 Å². The van der Waals surface area contributed by atoms with Gasteiger partial charge in [-0.3, -0.25) is 4.79 Å². The highest BCUT2D eigenvalue weighted by Crippen LogP contribution is 2.24. The van der Waals surface area contributed by atoms with Gasteiger partial charge in [0.25, 0.3) is 5.91 Å². The first-order valence-electron chi connectivity index (χ1n) is 6.29. The lowest BCUT2D eigenvalue weighted by Gasteiger charge is -2.29. The van der Waals surface area contributed by atoms with E-state index in [2.05, 4.69) is 0 Å². The highest BCUT2D eigenvalue weighted by Gasteiger charge is 2.17. The molecule has 0 radical (unpaired) electrons. The predicted octanol–water partition coefficient (Wildman–Crippen LogP) is 3.31. The smallest absolute Gasteiger partial charge is 0.265 e. The number of carbonyl (C=O) groups excluding carboxylic acids is 1. The molecule has 3 nitrogen and oxygen atoms in total. The lowest BCUT2D eigenvalue weighted by molar-refractivity contribution is -0.116. The Bertz CT molecular complexity index is 508. The number of benzene rings is 1. The number of halogens is 2. The summed E-state index contributed by atoms with van der Waals surface area (Å²) in [6, 6.07) is 5.19. The fourth-order valence-corrected chi connectivity index (χ4v) is 2.68. The summed E-state index contributed by atoms with van der Waals surface area (Å²) in [4.78, 5) is 13.6. The molecule has 5 heteroatoms. The van der Waals surface area contributed by atoms with Crippen molar-refractivity contribution in [3.63, 3.8) is 0 Å². The largest absolute Gasteiger partial charge is 0.367 e. The Balaban J connectivity index is 2.31. The van der Waals surface area contributed by atoms with Gasteiger partial charge in [-0.2, -0.15) is 0 Å². The molecule has 2 N–H and O–H groups in total. The van der Waals surface area contributed by atoms with Crippen molar-refractivity contribution in [3.05, 3.63) is 39.5 Å². The van der Waals surface area contributed by atoms with E-state index in [0.29, 0.717) is 15.7 Å². The summed E-state index contributed by atoms with van der Waals surface area (Å²) in [6.07, 6.45) is 5.11. The predicted molar refractivity (Wildman–Crippen MR) is 79.1 cm³/mol. The first kappa shape index (κ1) is 14.2. The van der Waals surface area contributed by atoms with Gasteiger partial charge in [0.05, 0.1) is 0 Å². The van der Waals surface area contributed by atoms with E-state index in [1.165, 1.54) is 6.42 Å². The summed E-state index contributed by atoms with van der Waals surface area (Å²) in [7, 11) is 0. The van der Waals surface area contributed by atoms with E-state index < -0.39 is 5.91 Å². The zero-order valence-corrected chi connectivity index (χ0v) is 12.0. The number of hydrogen-bond acceptors (Lipinski definition) is 2. The third-order valence-corrected chi connectivity index (χ3v) is 3.77. The number of hydrogen-bond donors (Lipinski definition) is 1.